The van der Waals surface area contributed by atoms with Gasteiger partial charge in [-0.3, -0.25) is 4.79 Å². The number of nitrogens with one attached hydrogen (secondary N) is 1. The molecule has 0 unspecified atom stereocenters. The van der Waals surface area contributed by atoms with E-state index in [1.807, 2.05) is 13.0 Å². The minimum Gasteiger partial charge on any atom is -0.465 e. The molecular formula is C14H12BrNO3S. The third kappa shape index (κ3) is 3.26. The number of thiophene rings is 1. The van der Waals surface area contributed by atoms with Crippen LogP contribution in [0.15, 0.2) is 34.1 Å². The van der Waals surface area contributed by atoms with Crippen LogP contribution in [0, 0.1) is 6.92 Å². The van der Waals surface area contributed by atoms with Crippen LogP contribution in [0.5, 0.6) is 0 Å². The predicted octanol–water partition coefficient (Wildman–Crippen LogP) is 3.86. The number of methoxy groups -OCH3 is 1. The lowest BCUT2D eigenvalue weighted by molar-refractivity contribution is 0.0600. The number of carbonyl (C=O) groups is 2. The van der Waals surface area contributed by atoms with Gasteiger partial charge < -0.3 is 10.1 Å². The Kier molecular flexibility index (Phi) is 4.57. The maximum absolute atomic E-state index is 12.0. The molecule has 0 atom stereocenters. The molecule has 2 rings (SSSR count). The Morgan fingerprint density at radius 1 is 1.25 bits per heavy atom. The summed E-state index contributed by atoms with van der Waals surface area (Å²) in [7, 11) is 1.33. The molecule has 0 saturated carbocycles. The molecule has 4 nitrogen and oxygen atoms in total. The molecule has 1 aromatic heterocycles. The van der Waals surface area contributed by atoms with Gasteiger partial charge in [0.25, 0.3) is 5.91 Å². The fraction of sp³-hybridized carbons (Fsp3) is 0.143. The summed E-state index contributed by atoms with van der Waals surface area (Å²) in [5.41, 5.74) is 2.10. The molecule has 0 fully saturated rings. The van der Waals surface area contributed by atoms with Gasteiger partial charge in [0.15, 0.2) is 0 Å². The largest absolute Gasteiger partial charge is 0.465 e. The molecular weight excluding hydrogens is 342 g/mol. The zero-order valence-corrected chi connectivity index (χ0v) is 13.3. The maximum Gasteiger partial charge on any atom is 0.337 e. The van der Waals surface area contributed by atoms with E-state index in [4.69, 9.17) is 0 Å². The molecule has 6 heteroatoms. The summed E-state index contributed by atoms with van der Waals surface area (Å²) in [6.07, 6.45) is 0. The number of halogens is 1. The number of amides is 1. The van der Waals surface area contributed by atoms with Crippen molar-refractivity contribution in [3.05, 3.63) is 50.1 Å². The summed E-state index contributed by atoms with van der Waals surface area (Å²) < 4.78 is 5.56. The van der Waals surface area contributed by atoms with Gasteiger partial charge in [-0.05, 0) is 58.7 Å². The van der Waals surface area contributed by atoms with Gasteiger partial charge in [-0.1, -0.05) is 0 Å². The molecule has 0 aliphatic heterocycles. The molecule has 1 aromatic carbocycles. The van der Waals surface area contributed by atoms with Crippen molar-refractivity contribution in [3.8, 4) is 0 Å². The first kappa shape index (κ1) is 14.7. The lowest BCUT2D eigenvalue weighted by atomic mass is 10.2. The fourth-order valence-electron chi connectivity index (χ4n) is 1.57. The van der Waals surface area contributed by atoms with E-state index in [-0.39, 0.29) is 5.91 Å². The molecule has 0 saturated heterocycles. The SMILES string of the molecule is COC(=O)c1ccc(NC(=O)c2cc(C)c(Br)s2)cc1. The van der Waals surface area contributed by atoms with Crippen molar-refractivity contribution in [1.82, 2.24) is 0 Å². The number of carbonyl (C=O) groups excluding carboxylic acids is 2. The van der Waals surface area contributed by atoms with E-state index in [1.54, 1.807) is 24.3 Å². The van der Waals surface area contributed by atoms with Crippen LogP contribution < -0.4 is 5.32 Å². The summed E-state index contributed by atoms with van der Waals surface area (Å²) in [6, 6.07) is 8.38. The van der Waals surface area contributed by atoms with Crippen molar-refractivity contribution < 1.29 is 14.3 Å². The smallest absolute Gasteiger partial charge is 0.337 e. The minimum absolute atomic E-state index is 0.172. The second-order valence-corrected chi connectivity index (χ2v) is 6.46. The Morgan fingerprint density at radius 3 is 2.40 bits per heavy atom. The first-order chi connectivity index (χ1) is 9.51. The minimum atomic E-state index is -0.402. The van der Waals surface area contributed by atoms with Crippen LogP contribution in [0.4, 0.5) is 5.69 Å². The highest BCUT2D eigenvalue weighted by Crippen LogP contribution is 2.27. The van der Waals surface area contributed by atoms with E-state index in [0.29, 0.717) is 16.1 Å². The second-order valence-electron chi connectivity index (χ2n) is 4.09. The topological polar surface area (TPSA) is 55.4 Å². The van der Waals surface area contributed by atoms with Crippen molar-refractivity contribution in [2.24, 2.45) is 0 Å². The average Bonchev–Trinajstić information content (AvgIpc) is 2.79. The molecule has 0 bridgehead atoms. The van der Waals surface area contributed by atoms with Crippen molar-refractivity contribution in [3.63, 3.8) is 0 Å². The quantitative estimate of drug-likeness (QED) is 0.852. The van der Waals surface area contributed by atoms with Crippen LogP contribution in [0.1, 0.15) is 25.6 Å². The summed E-state index contributed by atoms with van der Waals surface area (Å²) >= 11 is 4.77. The third-order valence-corrected chi connectivity index (χ3v) is 4.78. The highest BCUT2D eigenvalue weighted by Gasteiger charge is 2.12. The van der Waals surface area contributed by atoms with Crippen molar-refractivity contribution in [2.75, 3.05) is 12.4 Å². The maximum atomic E-state index is 12.0. The van der Waals surface area contributed by atoms with Gasteiger partial charge in [0.2, 0.25) is 0 Å². The second kappa shape index (κ2) is 6.19. The number of esters is 1. The van der Waals surface area contributed by atoms with Crippen molar-refractivity contribution in [2.45, 2.75) is 6.92 Å². The van der Waals surface area contributed by atoms with E-state index >= 15 is 0 Å². The normalized spacial score (nSPS) is 10.2. The van der Waals surface area contributed by atoms with Crippen LogP contribution in [-0.2, 0) is 4.74 Å². The van der Waals surface area contributed by atoms with Gasteiger partial charge in [-0.25, -0.2) is 4.79 Å². The van der Waals surface area contributed by atoms with E-state index in [0.717, 1.165) is 9.35 Å². The molecule has 104 valence electrons. The Labute approximate surface area is 128 Å². The molecule has 20 heavy (non-hydrogen) atoms. The van der Waals surface area contributed by atoms with Crippen LogP contribution in [0.3, 0.4) is 0 Å². The number of hydrogen-bond acceptors (Lipinski definition) is 4. The van der Waals surface area contributed by atoms with Gasteiger partial charge in [0.05, 0.1) is 21.3 Å². The lowest BCUT2D eigenvalue weighted by Gasteiger charge is -2.04. The monoisotopic (exact) mass is 353 g/mol. The standard InChI is InChI=1S/C14H12BrNO3S/c1-8-7-11(20-12(8)15)13(17)16-10-5-3-9(4-6-10)14(18)19-2/h3-7H,1-2H3,(H,16,17). The third-order valence-electron chi connectivity index (χ3n) is 2.64. The summed E-state index contributed by atoms with van der Waals surface area (Å²) in [4.78, 5) is 24.0. The Bertz CT molecular complexity index is 629. The molecule has 1 heterocycles. The first-order valence-electron chi connectivity index (χ1n) is 5.77. The van der Waals surface area contributed by atoms with E-state index in [1.165, 1.54) is 18.4 Å². The number of rotatable bonds is 3. The molecule has 1 N–H and O–H groups in total. The predicted molar refractivity (Wildman–Crippen MR) is 82.5 cm³/mol. The summed E-state index contributed by atoms with van der Waals surface area (Å²) in [6.45, 7) is 1.93. The van der Waals surface area contributed by atoms with Gasteiger partial charge in [0, 0.05) is 5.69 Å². The fourth-order valence-corrected chi connectivity index (χ4v) is 3.00. The van der Waals surface area contributed by atoms with Gasteiger partial charge >= 0.3 is 5.97 Å². The van der Waals surface area contributed by atoms with Gasteiger partial charge in [-0.15, -0.1) is 11.3 Å². The van der Waals surface area contributed by atoms with Crippen LogP contribution in [-0.4, -0.2) is 19.0 Å². The molecule has 0 spiro atoms. The highest BCUT2D eigenvalue weighted by atomic mass is 79.9. The zero-order valence-electron chi connectivity index (χ0n) is 10.9. The molecule has 1 amide bonds. The molecule has 2 aromatic rings. The lowest BCUT2D eigenvalue weighted by Crippen LogP contribution is -2.10. The van der Waals surface area contributed by atoms with Gasteiger partial charge in [0.1, 0.15) is 0 Å². The van der Waals surface area contributed by atoms with Crippen molar-refractivity contribution in [1.29, 1.82) is 0 Å². The Balaban J connectivity index is 2.10. The zero-order chi connectivity index (χ0) is 14.7. The van der Waals surface area contributed by atoms with Gasteiger partial charge in [-0.2, -0.15) is 0 Å². The number of benzene rings is 1. The number of aryl methyl sites for hydroxylation is 1. The summed E-state index contributed by atoms with van der Waals surface area (Å²) in [5, 5.41) is 2.78. The van der Waals surface area contributed by atoms with Crippen LogP contribution in [0.2, 0.25) is 0 Å². The van der Waals surface area contributed by atoms with Crippen LogP contribution in [0.25, 0.3) is 0 Å². The number of ether oxygens (including phenoxy) is 1. The number of hydrogen-bond donors (Lipinski definition) is 1. The van der Waals surface area contributed by atoms with Crippen molar-refractivity contribution >= 4 is 44.8 Å². The summed E-state index contributed by atoms with van der Waals surface area (Å²) in [5.74, 6) is -0.574. The first-order valence-corrected chi connectivity index (χ1v) is 7.38. The molecule has 0 aliphatic carbocycles. The average molecular weight is 354 g/mol. The van der Waals surface area contributed by atoms with Crippen LogP contribution >= 0.6 is 27.3 Å². The number of anilines is 1. The molecule has 0 aliphatic rings. The van der Waals surface area contributed by atoms with E-state index in [9.17, 15) is 9.59 Å². The Hall–Kier alpha value is -1.66. The Morgan fingerprint density at radius 2 is 1.90 bits per heavy atom. The molecule has 0 radical (unpaired) electrons. The van der Waals surface area contributed by atoms with E-state index in [2.05, 4.69) is 26.0 Å². The van der Waals surface area contributed by atoms with E-state index < -0.39 is 5.97 Å². The highest BCUT2D eigenvalue weighted by molar-refractivity contribution is 9.11.